The first kappa shape index (κ1) is 15.4. The molecule has 7 nitrogen and oxygen atoms in total. The standard InChI is InChI=1S/C7H13N3S.H2O4S/c1-6-7(10-5-9-6)4-11-3-2-8;1-5(2,3)4/h5H,2-4,8H2,1H3,(H,9,10);(H2,1,2,3,4). The van der Waals surface area contributed by atoms with Crippen LogP contribution in [0.1, 0.15) is 11.4 Å². The quantitative estimate of drug-likeness (QED) is 0.455. The second-order valence-electron chi connectivity index (χ2n) is 2.76. The Morgan fingerprint density at radius 2 is 2.12 bits per heavy atom. The van der Waals surface area contributed by atoms with E-state index < -0.39 is 10.4 Å². The lowest BCUT2D eigenvalue weighted by molar-refractivity contribution is 0.381. The van der Waals surface area contributed by atoms with Crippen molar-refractivity contribution in [2.75, 3.05) is 12.3 Å². The molecule has 0 amide bonds. The largest absolute Gasteiger partial charge is 0.394 e. The molecule has 1 heterocycles. The van der Waals surface area contributed by atoms with E-state index in [1.807, 2.05) is 18.7 Å². The number of nitrogens with one attached hydrogen (secondary N) is 1. The van der Waals surface area contributed by atoms with E-state index in [4.69, 9.17) is 23.3 Å². The molecule has 9 heteroatoms. The fourth-order valence-corrected chi connectivity index (χ4v) is 1.58. The van der Waals surface area contributed by atoms with Crippen molar-refractivity contribution in [2.24, 2.45) is 5.73 Å². The van der Waals surface area contributed by atoms with Gasteiger partial charge in [-0.05, 0) is 6.92 Å². The highest BCUT2D eigenvalue weighted by Gasteiger charge is 1.98. The predicted octanol–water partition coefficient (Wildman–Crippen LogP) is 0.257. The minimum absolute atomic E-state index is 0.744. The molecule has 0 saturated carbocycles. The van der Waals surface area contributed by atoms with Crippen molar-refractivity contribution < 1.29 is 17.5 Å². The highest BCUT2D eigenvalue weighted by molar-refractivity contribution is 7.98. The Morgan fingerprint density at radius 3 is 2.50 bits per heavy atom. The zero-order valence-electron chi connectivity index (χ0n) is 8.75. The summed E-state index contributed by atoms with van der Waals surface area (Å²) in [7, 11) is -4.67. The fraction of sp³-hybridized carbons (Fsp3) is 0.571. The zero-order chi connectivity index (χ0) is 12.6. The number of aromatic amines is 1. The fourth-order valence-electron chi connectivity index (χ4n) is 0.785. The van der Waals surface area contributed by atoms with Crippen LogP contribution in [0.4, 0.5) is 0 Å². The van der Waals surface area contributed by atoms with Gasteiger partial charge in [0.25, 0.3) is 0 Å². The summed E-state index contributed by atoms with van der Waals surface area (Å²) in [6.07, 6.45) is 1.73. The van der Waals surface area contributed by atoms with Gasteiger partial charge in [0.15, 0.2) is 0 Å². The lowest BCUT2D eigenvalue weighted by Crippen LogP contribution is -2.01. The minimum Gasteiger partial charge on any atom is -0.348 e. The van der Waals surface area contributed by atoms with Crippen LogP contribution in [0.25, 0.3) is 0 Å². The van der Waals surface area contributed by atoms with Crippen LogP contribution < -0.4 is 5.73 Å². The molecule has 5 N–H and O–H groups in total. The molecule has 0 atom stereocenters. The summed E-state index contributed by atoms with van der Waals surface area (Å²) in [5.74, 6) is 1.97. The Hall–Kier alpha value is -0.610. The van der Waals surface area contributed by atoms with Gasteiger partial charge in [0.05, 0.1) is 12.0 Å². The number of rotatable bonds is 4. The molecule has 16 heavy (non-hydrogen) atoms. The minimum atomic E-state index is -4.67. The molecule has 1 aromatic heterocycles. The van der Waals surface area contributed by atoms with Crippen LogP contribution in [-0.4, -0.2) is 39.8 Å². The van der Waals surface area contributed by atoms with Crippen LogP contribution in [-0.2, 0) is 16.2 Å². The molecule has 0 fully saturated rings. The van der Waals surface area contributed by atoms with Crippen LogP contribution in [0.2, 0.25) is 0 Å². The summed E-state index contributed by atoms with van der Waals surface area (Å²) in [6, 6.07) is 0. The number of hydrogen-bond donors (Lipinski definition) is 4. The van der Waals surface area contributed by atoms with E-state index in [1.54, 1.807) is 6.33 Å². The third-order valence-corrected chi connectivity index (χ3v) is 2.44. The molecular formula is C7H15N3O4S2. The first-order valence-corrected chi connectivity index (χ1v) is 6.86. The topological polar surface area (TPSA) is 129 Å². The molecule has 94 valence electrons. The van der Waals surface area contributed by atoms with Crippen molar-refractivity contribution in [3.8, 4) is 0 Å². The van der Waals surface area contributed by atoms with Crippen LogP contribution in [0.5, 0.6) is 0 Å². The Morgan fingerprint density at radius 1 is 1.56 bits per heavy atom. The van der Waals surface area contributed by atoms with Crippen molar-refractivity contribution in [1.29, 1.82) is 0 Å². The van der Waals surface area contributed by atoms with Gasteiger partial charge in [-0.25, -0.2) is 4.98 Å². The summed E-state index contributed by atoms with van der Waals surface area (Å²) in [5, 5.41) is 0. The van der Waals surface area contributed by atoms with Crippen molar-refractivity contribution in [3.63, 3.8) is 0 Å². The predicted molar refractivity (Wildman–Crippen MR) is 62.7 cm³/mol. The second-order valence-corrected chi connectivity index (χ2v) is 4.76. The van der Waals surface area contributed by atoms with Gasteiger partial charge in [-0.3, -0.25) is 9.11 Å². The summed E-state index contributed by atoms with van der Waals surface area (Å²) < 4.78 is 31.6. The van der Waals surface area contributed by atoms with Gasteiger partial charge in [-0.2, -0.15) is 20.2 Å². The van der Waals surface area contributed by atoms with E-state index in [9.17, 15) is 0 Å². The Bertz CT molecular complexity index is 382. The molecule has 0 aliphatic rings. The summed E-state index contributed by atoms with van der Waals surface area (Å²) in [6.45, 7) is 2.78. The average molecular weight is 269 g/mol. The first-order chi connectivity index (χ1) is 7.34. The van der Waals surface area contributed by atoms with E-state index in [0.717, 1.165) is 29.4 Å². The molecule has 1 rings (SSSR count). The van der Waals surface area contributed by atoms with E-state index in [2.05, 4.69) is 9.97 Å². The van der Waals surface area contributed by atoms with E-state index in [1.165, 1.54) is 0 Å². The van der Waals surface area contributed by atoms with Crippen molar-refractivity contribution >= 4 is 22.2 Å². The van der Waals surface area contributed by atoms with E-state index in [0.29, 0.717) is 0 Å². The third-order valence-electron chi connectivity index (χ3n) is 1.44. The molecule has 0 saturated heterocycles. The number of H-pyrrole nitrogens is 1. The lowest BCUT2D eigenvalue weighted by atomic mass is 10.4. The van der Waals surface area contributed by atoms with Crippen molar-refractivity contribution in [1.82, 2.24) is 9.97 Å². The SMILES string of the molecule is Cc1[nH]cnc1CSCCN.O=S(=O)(O)O. The maximum absolute atomic E-state index is 8.74. The number of nitrogens with two attached hydrogens (primary N) is 1. The molecule has 0 spiro atoms. The van der Waals surface area contributed by atoms with Gasteiger partial charge in [-0.1, -0.05) is 0 Å². The number of imidazole rings is 1. The van der Waals surface area contributed by atoms with Gasteiger partial charge in [-0.15, -0.1) is 0 Å². The number of aromatic nitrogens is 2. The molecule has 0 unspecified atom stereocenters. The Labute approximate surface area is 98.4 Å². The highest BCUT2D eigenvalue weighted by Crippen LogP contribution is 2.10. The van der Waals surface area contributed by atoms with Gasteiger partial charge in [0, 0.05) is 23.7 Å². The molecule has 0 aliphatic heterocycles. The maximum atomic E-state index is 8.74. The molecule has 0 bridgehead atoms. The molecule has 1 aromatic rings. The lowest BCUT2D eigenvalue weighted by Gasteiger charge is -1.96. The molecular weight excluding hydrogens is 254 g/mol. The summed E-state index contributed by atoms with van der Waals surface area (Å²) in [4.78, 5) is 7.21. The van der Waals surface area contributed by atoms with Crippen LogP contribution in [0.15, 0.2) is 6.33 Å². The Kier molecular flexibility index (Phi) is 7.34. The maximum Gasteiger partial charge on any atom is 0.394 e. The van der Waals surface area contributed by atoms with Crippen molar-refractivity contribution in [3.05, 3.63) is 17.7 Å². The van der Waals surface area contributed by atoms with Gasteiger partial charge in [0.2, 0.25) is 0 Å². The highest BCUT2D eigenvalue weighted by atomic mass is 32.3. The van der Waals surface area contributed by atoms with Crippen LogP contribution in [0, 0.1) is 6.92 Å². The average Bonchev–Trinajstić information content (AvgIpc) is 2.49. The van der Waals surface area contributed by atoms with Gasteiger partial charge in [0.1, 0.15) is 0 Å². The van der Waals surface area contributed by atoms with Crippen LogP contribution in [0.3, 0.4) is 0 Å². The smallest absolute Gasteiger partial charge is 0.348 e. The first-order valence-electron chi connectivity index (χ1n) is 4.31. The molecule has 0 aromatic carbocycles. The number of aryl methyl sites for hydroxylation is 1. The zero-order valence-corrected chi connectivity index (χ0v) is 10.4. The third kappa shape index (κ3) is 9.93. The van der Waals surface area contributed by atoms with Crippen LogP contribution >= 0.6 is 11.8 Å². The number of hydrogen-bond acceptors (Lipinski definition) is 5. The Balaban J connectivity index is 0.000000385. The normalized spacial score (nSPS) is 10.8. The van der Waals surface area contributed by atoms with E-state index >= 15 is 0 Å². The van der Waals surface area contributed by atoms with Gasteiger partial charge >= 0.3 is 10.4 Å². The van der Waals surface area contributed by atoms with Gasteiger partial charge < -0.3 is 10.7 Å². The monoisotopic (exact) mass is 269 g/mol. The second kappa shape index (κ2) is 7.63. The number of nitrogens with zero attached hydrogens (tertiary/aromatic N) is 1. The van der Waals surface area contributed by atoms with E-state index in [-0.39, 0.29) is 0 Å². The number of thioether (sulfide) groups is 1. The molecule has 0 aliphatic carbocycles. The summed E-state index contributed by atoms with van der Waals surface area (Å²) in [5.41, 5.74) is 7.66. The summed E-state index contributed by atoms with van der Waals surface area (Å²) >= 11 is 1.82. The van der Waals surface area contributed by atoms with Crippen molar-refractivity contribution in [2.45, 2.75) is 12.7 Å². The molecule has 0 radical (unpaired) electrons.